The van der Waals surface area contributed by atoms with Gasteiger partial charge in [0.2, 0.25) is 0 Å². The monoisotopic (exact) mass is 244 g/mol. The summed E-state index contributed by atoms with van der Waals surface area (Å²) in [5.41, 5.74) is 0. The van der Waals surface area contributed by atoms with Crippen molar-refractivity contribution >= 4 is 5.97 Å². The molecule has 0 bridgehead atoms. The number of nitrogens with one attached hydrogen (secondary N) is 1. The first-order valence-electron chi connectivity index (χ1n) is 6.54. The molecule has 1 N–H and O–H groups in total. The Morgan fingerprint density at radius 2 is 2.06 bits per heavy atom. The molecular weight excluding hydrogens is 216 g/mol. The molecule has 0 fully saturated rings. The van der Waals surface area contributed by atoms with Gasteiger partial charge in [0.15, 0.2) is 0 Å². The summed E-state index contributed by atoms with van der Waals surface area (Å²) in [6, 6.07) is -0.176. The lowest BCUT2D eigenvalue weighted by atomic mass is 10.1. The van der Waals surface area contributed by atoms with Crippen molar-refractivity contribution in [3.63, 3.8) is 0 Å². The summed E-state index contributed by atoms with van der Waals surface area (Å²) in [7, 11) is 3.54. The predicted octanol–water partition coefficient (Wildman–Crippen LogP) is 1.51. The number of carbonyl (C=O) groups is 1. The van der Waals surface area contributed by atoms with Gasteiger partial charge in [-0.1, -0.05) is 27.2 Å². The lowest BCUT2D eigenvalue weighted by molar-refractivity contribution is -0.143. The molecule has 102 valence electrons. The third-order valence-electron chi connectivity index (χ3n) is 3.06. The molecule has 0 aliphatic rings. The molecule has 0 radical (unpaired) electrons. The minimum Gasteiger partial charge on any atom is -0.468 e. The first-order chi connectivity index (χ1) is 8.04. The van der Waals surface area contributed by atoms with Crippen molar-refractivity contribution in [2.75, 3.05) is 33.8 Å². The zero-order valence-electron chi connectivity index (χ0n) is 12.0. The summed E-state index contributed by atoms with van der Waals surface area (Å²) in [6.45, 7) is 9.23. The van der Waals surface area contributed by atoms with Gasteiger partial charge in [0, 0.05) is 6.54 Å². The van der Waals surface area contributed by atoms with E-state index >= 15 is 0 Å². The van der Waals surface area contributed by atoms with E-state index in [1.807, 2.05) is 6.92 Å². The Morgan fingerprint density at radius 3 is 2.53 bits per heavy atom. The molecule has 0 heterocycles. The zero-order chi connectivity index (χ0) is 13.3. The van der Waals surface area contributed by atoms with Crippen molar-refractivity contribution < 1.29 is 9.53 Å². The van der Waals surface area contributed by atoms with E-state index in [1.165, 1.54) is 13.5 Å². The highest BCUT2D eigenvalue weighted by Crippen LogP contribution is 2.04. The molecular formula is C13H28N2O2. The summed E-state index contributed by atoms with van der Waals surface area (Å²) >= 11 is 0. The van der Waals surface area contributed by atoms with Gasteiger partial charge in [0.25, 0.3) is 0 Å². The second kappa shape index (κ2) is 9.42. The molecule has 0 spiro atoms. The minimum absolute atomic E-state index is 0.163. The second-order valence-electron chi connectivity index (χ2n) is 4.70. The van der Waals surface area contributed by atoms with Crippen LogP contribution in [0.3, 0.4) is 0 Å². The van der Waals surface area contributed by atoms with E-state index in [-0.39, 0.29) is 12.0 Å². The number of esters is 1. The summed E-state index contributed by atoms with van der Waals surface area (Å²) < 4.78 is 4.78. The van der Waals surface area contributed by atoms with E-state index in [4.69, 9.17) is 4.74 Å². The van der Waals surface area contributed by atoms with Gasteiger partial charge in [-0.05, 0) is 32.5 Å². The summed E-state index contributed by atoms with van der Waals surface area (Å²) in [5.74, 6) is 0.541. The Hall–Kier alpha value is -0.610. The molecule has 0 saturated carbocycles. The first-order valence-corrected chi connectivity index (χ1v) is 6.54. The van der Waals surface area contributed by atoms with Gasteiger partial charge in [-0.25, -0.2) is 0 Å². The highest BCUT2D eigenvalue weighted by molar-refractivity contribution is 5.75. The van der Waals surface area contributed by atoms with Crippen LogP contribution in [0, 0.1) is 5.92 Å². The Bertz CT molecular complexity index is 210. The van der Waals surface area contributed by atoms with Gasteiger partial charge < -0.3 is 15.0 Å². The van der Waals surface area contributed by atoms with Crippen LogP contribution in [0.15, 0.2) is 0 Å². The number of methoxy groups -OCH3 is 1. The minimum atomic E-state index is -0.176. The number of hydrogen-bond donors (Lipinski definition) is 1. The molecule has 0 aromatic heterocycles. The number of carbonyl (C=O) groups excluding carboxylic acids is 1. The van der Waals surface area contributed by atoms with Crippen LogP contribution in [0.2, 0.25) is 0 Å². The van der Waals surface area contributed by atoms with Crippen molar-refractivity contribution in [3.8, 4) is 0 Å². The molecule has 17 heavy (non-hydrogen) atoms. The van der Waals surface area contributed by atoms with Gasteiger partial charge in [-0.15, -0.1) is 0 Å². The van der Waals surface area contributed by atoms with Crippen molar-refractivity contribution in [2.45, 2.75) is 39.7 Å². The van der Waals surface area contributed by atoms with Crippen LogP contribution in [-0.4, -0.2) is 50.7 Å². The average Bonchev–Trinajstić information content (AvgIpc) is 2.33. The van der Waals surface area contributed by atoms with E-state index in [1.54, 1.807) is 0 Å². The SMILES string of the molecule is CCNC(CCN(C)CC(C)CC)C(=O)OC. The molecule has 0 aromatic rings. The standard InChI is InChI=1S/C13H28N2O2/c1-6-11(3)10-15(4)9-8-12(14-7-2)13(16)17-5/h11-12,14H,6-10H2,1-5H3. The Morgan fingerprint density at radius 1 is 1.41 bits per heavy atom. The molecule has 4 heteroatoms. The van der Waals surface area contributed by atoms with Crippen LogP contribution in [0.4, 0.5) is 0 Å². The largest absolute Gasteiger partial charge is 0.468 e. The molecule has 4 nitrogen and oxygen atoms in total. The van der Waals surface area contributed by atoms with Crippen LogP contribution in [-0.2, 0) is 9.53 Å². The molecule has 0 aromatic carbocycles. The van der Waals surface area contributed by atoms with E-state index in [2.05, 4.69) is 31.1 Å². The fourth-order valence-corrected chi connectivity index (χ4v) is 1.79. The fraction of sp³-hybridized carbons (Fsp3) is 0.923. The van der Waals surface area contributed by atoms with Crippen LogP contribution in [0.5, 0.6) is 0 Å². The van der Waals surface area contributed by atoms with Gasteiger partial charge >= 0.3 is 5.97 Å². The quantitative estimate of drug-likeness (QED) is 0.624. The van der Waals surface area contributed by atoms with Crippen LogP contribution in [0.1, 0.15) is 33.6 Å². The molecule has 2 unspecified atom stereocenters. The average molecular weight is 244 g/mol. The molecule has 0 amide bonds. The van der Waals surface area contributed by atoms with Gasteiger partial charge in [0.05, 0.1) is 7.11 Å². The van der Waals surface area contributed by atoms with Gasteiger partial charge in [0.1, 0.15) is 6.04 Å². The molecule has 0 aliphatic heterocycles. The third-order valence-corrected chi connectivity index (χ3v) is 3.06. The zero-order valence-corrected chi connectivity index (χ0v) is 12.0. The van der Waals surface area contributed by atoms with Gasteiger partial charge in [-0.2, -0.15) is 0 Å². The normalized spacial score (nSPS) is 14.7. The molecule has 2 atom stereocenters. The predicted molar refractivity (Wildman–Crippen MR) is 71.0 cm³/mol. The fourth-order valence-electron chi connectivity index (χ4n) is 1.79. The molecule has 0 saturated heterocycles. The highest BCUT2D eigenvalue weighted by Gasteiger charge is 2.18. The van der Waals surface area contributed by atoms with Crippen molar-refractivity contribution in [3.05, 3.63) is 0 Å². The van der Waals surface area contributed by atoms with Crippen molar-refractivity contribution in [1.29, 1.82) is 0 Å². The van der Waals surface area contributed by atoms with E-state index in [0.717, 1.165) is 26.1 Å². The summed E-state index contributed by atoms with van der Waals surface area (Å²) in [5, 5.41) is 3.15. The van der Waals surface area contributed by atoms with Crippen LogP contribution < -0.4 is 5.32 Å². The maximum absolute atomic E-state index is 11.5. The Kier molecular flexibility index (Phi) is 9.09. The highest BCUT2D eigenvalue weighted by atomic mass is 16.5. The maximum atomic E-state index is 11.5. The lowest BCUT2D eigenvalue weighted by Crippen LogP contribution is -2.40. The Labute approximate surface area is 106 Å². The third kappa shape index (κ3) is 7.34. The first kappa shape index (κ1) is 16.4. The van der Waals surface area contributed by atoms with E-state index < -0.39 is 0 Å². The topological polar surface area (TPSA) is 41.6 Å². The van der Waals surface area contributed by atoms with Crippen LogP contribution >= 0.6 is 0 Å². The van der Waals surface area contributed by atoms with E-state index in [9.17, 15) is 4.79 Å². The number of hydrogen-bond acceptors (Lipinski definition) is 4. The second-order valence-corrected chi connectivity index (χ2v) is 4.70. The van der Waals surface area contributed by atoms with E-state index in [0.29, 0.717) is 5.92 Å². The number of ether oxygens (including phenoxy) is 1. The molecule has 0 rings (SSSR count). The van der Waals surface area contributed by atoms with Crippen molar-refractivity contribution in [2.24, 2.45) is 5.92 Å². The summed E-state index contributed by atoms with van der Waals surface area (Å²) in [6.07, 6.45) is 1.99. The Balaban J connectivity index is 3.98. The van der Waals surface area contributed by atoms with Crippen molar-refractivity contribution in [1.82, 2.24) is 10.2 Å². The summed E-state index contributed by atoms with van der Waals surface area (Å²) in [4.78, 5) is 13.8. The number of rotatable bonds is 9. The smallest absolute Gasteiger partial charge is 0.322 e. The van der Waals surface area contributed by atoms with Crippen LogP contribution in [0.25, 0.3) is 0 Å². The maximum Gasteiger partial charge on any atom is 0.322 e. The number of nitrogens with zero attached hydrogens (tertiary/aromatic N) is 1. The van der Waals surface area contributed by atoms with Gasteiger partial charge in [-0.3, -0.25) is 4.79 Å². The molecule has 0 aliphatic carbocycles. The lowest BCUT2D eigenvalue weighted by Gasteiger charge is -2.23. The number of likely N-dealkylation sites (N-methyl/N-ethyl adjacent to an activating group) is 1.